The number of carbonyl (C=O) groups is 2. The van der Waals surface area contributed by atoms with Crippen LogP contribution < -0.4 is 5.73 Å². The standard InChI is InChI=1S/C13H21N3O2/c1-13(2,9-14)7-3-4-8-16-11(17)6-5-10(15)12(16)18/h10H,3-8,15H2,1-2H3. The van der Waals surface area contributed by atoms with Crippen molar-refractivity contribution in [1.82, 2.24) is 4.90 Å². The molecule has 100 valence electrons. The Balaban J connectivity index is 2.37. The zero-order valence-electron chi connectivity index (χ0n) is 11.1. The highest BCUT2D eigenvalue weighted by Gasteiger charge is 2.31. The van der Waals surface area contributed by atoms with Crippen LogP contribution >= 0.6 is 0 Å². The minimum Gasteiger partial charge on any atom is -0.320 e. The van der Waals surface area contributed by atoms with Crippen molar-refractivity contribution in [3.05, 3.63) is 0 Å². The lowest BCUT2D eigenvalue weighted by molar-refractivity contribution is -0.149. The van der Waals surface area contributed by atoms with Gasteiger partial charge in [0.1, 0.15) is 0 Å². The molecule has 0 saturated carbocycles. The summed E-state index contributed by atoms with van der Waals surface area (Å²) >= 11 is 0. The maximum atomic E-state index is 11.7. The lowest BCUT2D eigenvalue weighted by Crippen LogP contribution is -2.51. The molecular weight excluding hydrogens is 230 g/mol. The molecule has 1 fully saturated rings. The molecule has 1 aliphatic rings. The predicted octanol–water partition coefficient (Wildman–Crippen LogP) is 1.18. The van der Waals surface area contributed by atoms with Crippen molar-refractivity contribution in [2.24, 2.45) is 11.1 Å². The minimum atomic E-state index is -0.529. The van der Waals surface area contributed by atoms with Gasteiger partial charge >= 0.3 is 0 Å². The average Bonchev–Trinajstić information content (AvgIpc) is 2.33. The summed E-state index contributed by atoms with van der Waals surface area (Å²) in [5.74, 6) is -0.382. The van der Waals surface area contributed by atoms with Crippen LogP contribution in [0.3, 0.4) is 0 Å². The first-order valence-electron chi connectivity index (χ1n) is 6.38. The SMILES string of the molecule is CC(C)(C#N)CCCCN1C(=O)CCC(N)C1=O. The Kier molecular flexibility index (Phi) is 4.85. The molecule has 1 atom stereocenters. The second-order valence-corrected chi connectivity index (χ2v) is 5.48. The molecule has 0 spiro atoms. The monoisotopic (exact) mass is 251 g/mol. The molecule has 5 nitrogen and oxygen atoms in total. The zero-order chi connectivity index (χ0) is 13.8. The number of hydrogen-bond acceptors (Lipinski definition) is 4. The van der Waals surface area contributed by atoms with Crippen molar-refractivity contribution in [3.8, 4) is 6.07 Å². The Morgan fingerprint density at radius 1 is 1.44 bits per heavy atom. The number of piperidine rings is 1. The molecule has 2 amide bonds. The van der Waals surface area contributed by atoms with Crippen LogP contribution in [-0.2, 0) is 9.59 Å². The van der Waals surface area contributed by atoms with Crippen molar-refractivity contribution < 1.29 is 9.59 Å². The number of carbonyl (C=O) groups excluding carboxylic acids is 2. The van der Waals surface area contributed by atoms with E-state index >= 15 is 0 Å². The number of nitrogens with zero attached hydrogens (tertiary/aromatic N) is 2. The second-order valence-electron chi connectivity index (χ2n) is 5.48. The van der Waals surface area contributed by atoms with Gasteiger partial charge in [0.2, 0.25) is 11.8 Å². The largest absolute Gasteiger partial charge is 0.320 e. The molecule has 0 radical (unpaired) electrons. The third kappa shape index (κ3) is 3.81. The Labute approximate surface area is 108 Å². The smallest absolute Gasteiger partial charge is 0.246 e. The fourth-order valence-corrected chi connectivity index (χ4v) is 1.99. The molecular formula is C13H21N3O2. The van der Waals surface area contributed by atoms with Gasteiger partial charge in [-0.05, 0) is 33.1 Å². The van der Waals surface area contributed by atoms with Crippen LogP contribution in [0.2, 0.25) is 0 Å². The third-order valence-electron chi connectivity index (χ3n) is 3.29. The van der Waals surface area contributed by atoms with Crippen LogP contribution in [0.4, 0.5) is 0 Å². The predicted molar refractivity (Wildman–Crippen MR) is 67.2 cm³/mol. The summed E-state index contributed by atoms with van der Waals surface area (Å²) in [4.78, 5) is 24.6. The summed E-state index contributed by atoms with van der Waals surface area (Å²) in [6.07, 6.45) is 3.14. The molecule has 1 aliphatic heterocycles. The maximum absolute atomic E-state index is 11.7. The lowest BCUT2D eigenvalue weighted by Gasteiger charge is -2.28. The van der Waals surface area contributed by atoms with Gasteiger partial charge in [0.25, 0.3) is 0 Å². The van der Waals surface area contributed by atoms with E-state index in [9.17, 15) is 9.59 Å². The minimum absolute atomic E-state index is 0.124. The fraction of sp³-hybridized carbons (Fsp3) is 0.769. The molecule has 0 aromatic rings. The summed E-state index contributed by atoms with van der Waals surface area (Å²) in [5.41, 5.74) is 5.30. The van der Waals surface area contributed by atoms with Gasteiger partial charge in [0.15, 0.2) is 0 Å². The highest BCUT2D eigenvalue weighted by atomic mass is 16.2. The number of imide groups is 1. The quantitative estimate of drug-likeness (QED) is 0.587. The molecule has 18 heavy (non-hydrogen) atoms. The van der Waals surface area contributed by atoms with Crippen molar-refractivity contribution >= 4 is 11.8 Å². The van der Waals surface area contributed by atoms with Crippen LogP contribution in [0, 0.1) is 16.7 Å². The Morgan fingerprint density at radius 3 is 2.72 bits per heavy atom. The molecule has 0 aliphatic carbocycles. The number of amides is 2. The molecule has 1 heterocycles. The molecule has 2 N–H and O–H groups in total. The highest BCUT2D eigenvalue weighted by molar-refractivity contribution is 6.00. The van der Waals surface area contributed by atoms with E-state index in [0.29, 0.717) is 19.4 Å². The van der Waals surface area contributed by atoms with Gasteiger partial charge < -0.3 is 5.73 Å². The first-order valence-corrected chi connectivity index (χ1v) is 6.38. The zero-order valence-corrected chi connectivity index (χ0v) is 11.1. The molecule has 0 aromatic carbocycles. The van der Waals surface area contributed by atoms with Crippen LogP contribution in [0.5, 0.6) is 0 Å². The number of nitrogens with two attached hydrogens (primary N) is 1. The van der Waals surface area contributed by atoms with Crippen LogP contribution in [0.25, 0.3) is 0 Å². The third-order valence-corrected chi connectivity index (χ3v) is 3.29. The second kappa shape index (κ2) is 5.96. The van der Waals surface area contributed by atoms with Gasteiger partial charge in [-0.2, -0.15) is 5.26 Å². The van der Waals surface area contributed by atoms with E-state index < -0.39 is 6.04 Å². The van der Waals surface area contributed by atoms with Gasteiger partial charge in [-0.1, -0.05) is 6.42 Å². The van der Waals surface area contributed by atoms with Crippen molar-refractivity contribution in [3.63, 3.8) is 0 Å². The summed E-state index contributed by atoms with van der Waals surface area (Å²) in [5, 5.41) is 8.88. The molecule has 0 aromatic heterocycles. The van der Waals surface area contributed by atoms with E-state index in [0.717, 1.165) is 19.3 Å². The van der Waals surface area contributed by atoms with Gasteiger partial charge in [-0.15, -0.1) is 0 Å². The van der Waals surface area contributed by atoms with Crippen molar-refractivity contribution in [1.29, 1.82) is 5.26 Å². The number of hydrogen-bond donors (Lipinski definition) is 1. The Hall–Kier alpha value is -1.41. The maximum Gasteiger partial charge on any atom is 0.246 e. The topological polar surface area (TPSA) is 87.2 Å². The van der Waals surface area contributed by atoms with E-state index in [2.05, 4.69) is 6.07 Å². The lowest BCUT2D eigenvalue weighted by atomic mass is 9.89. The number of likely N-dealkylation sites (tertiary alicyclic amines) is 1. The first kappa shape index (κ1) is 14.7. The summed E-state index contributed by atoms with van der Waals surface area (Å²) < 4.78 is 0. The molecule has 1 rings (SSSR count). The van der Waals surface area contributed by atoms with Crippen molar-refractivity contribution in [2.75, 3.05) is 6.54 Å². The van der Waals surface area contributed by atoms with Gasteiger partial charge in [0, 0.05) is 13.0 Å². The molecule has 1 saturated heterocycles. The van der Waals surface area contributed by atoms with E-state index in [1.165, 1.54) is 4.90 Å². The van der Waals surface area contributed by atoms with Crippen LogP contribution in [-0.4, -0.2) is 29.3 Å². The summed E-state index contributed by atoms with van der Waals surface area (Å²) in [6, 6.07) is 1.71. The normalized spacial score (nSPS) is 21.0. The van der Waals surface area contributed by atoms with Crippen LogP contribution in [0.1, 0.15) is 46.0 Å². The first-order chi connectivity index (χ1) is 8.37. The van der Waals surface area contributed by atoms with Crippen LogP contribution in [0.15, 0.2) is 0 Å². The summed E-state index contributed by atoms with van der Waals surface area (Å²) in [6.45, 7) is 4.20. The number of nitriles is 1. The van der Waals surface area contributed by atoms with Crippen molar-refractivity contribution in [2.45, 2.75) is 52.0 Å². The van der Waals surface area contributed by atoms with E-state index in [4.69, 9.17) is 11.0 Å². The molecule has 0 bridgehead atoms. The van der Waals surface area contributed by atoms with Gasteiger partial charge in [-0.3, -0.25) is 14.5 Å². The number of rotatable bonds is 5. The highest BCUT2D eigenvalue weighted by Crippen LogP contribution is 2.22. The van der Waals surface area contributed by atoms with E-state index in [1.54, 1.807) is 0 Å². The Bertz CT molecular complexity index is 371. The van der Waals surface area contributed by atoms with E-state index in [-0.39, 0.29) is 17.2 Å². The average molecular weight is 251 g/mol. The van der Waals surface area contributed by atoms with Gasteiger partial charge in [0.05, 0.1) is 17.5 Å². The molecule has 1 unspecified atom stereocenters. The Morgan fingerprint density at radius 2 is 2.11 bits per heavy atom. The molecule has 5 heteroatoms. The van der Waals surface area contributed by atoms with E-state index in [1.807, 2.05) is 13.8 Å². The fourth-order valence-electron chi connectivity index (χ4n) is 1.99. The number of unbranched alkanes of at least 4 members (excludes halogenated alkanes) is 1. The summed E-state index contributed by atoms with van der Waals surface area (Å²) in [7, 11) is 0. The van der Waals surface area contributed by atoms with Gasteiger partial charge in [-0.25, -0.2) is 0 Å².